The molecule has 0 saturated carbocycles. The van der Waals surface area contributed by atoms with Crippen LogP contribution in [0.4, 0.5) is 11.6 Å². The van der Waals surface area contributed by atoms with Crippen LogP contribution in [0.15, 0.2) is 45.8 Å². The Morgan fingerprint density at radius 2 is 1.78 bits per heavy atom. The molecule has 3 aromatic rings. The highest BCUT2D eigenvalue weighted by atomic mass is 32.2. The summed E-state index contributed by atoms with van der Waals surface area (Å²) in [5.41, 5.74) is 2.70. The van der Waals surface area contributed by atoms with Crippen LogP contribution in [0, 0.1) is 13.8 Å². The van der Waals surface area contributed by atoms with Crippen LogP contribution in [0.5, 0.6) is 0 Å². The first-order chi connectivity index (χ1) is 12.8. The summed E-state index contributed by atoms with van der Waals surface area (Å²) < 4.78 is 29.6. The number of fused-ring (bicyclic) bond motifs is 1. The van der Waals surface area contributed by atoms with Crippen LogP contribution in [0.25, 0.3) is 10.8 Å². The third-order valence-corrected chi connectivity index (χ3v) is 5.79. The molecular weight excluding hydrogens is 362 g/mol. The zero-order valence-electron chi connectivity index (χ0n) is 15.9. The third kappa shape index (κ3) is 3.84. The van der Waals surface area contributed by atoms with Crippen molar-refractivity contribution in [2.75, 3.05) is 11.4 Å². The Balaban J connectivity index is 2.20. The molecule has 7 heteroatoms. The van der Waals surface area contributed by atoms with E-state index in [2.05, 4.69) is 17.0 Å². The number of rotatable bonds is 7. The van der Waals surface area contributed by atoms with Crippen molar-refractivity contribution >= 4 is 32.4 Å². The number of anilines is 2. The van der Waals surface area contributed by atoms with Crippen molar-refractivity contribution in [3.05, 3.63) is 47.7 Å². The summed E-state index contributed by atoms with van der Waals surface area (Å²) in [5.74, 6) is 0.692. The van der Waals surface area contributed by atoms with Gasteiger partial charge in [0.1, 0.15) is 0 Å². The minimum absolute atomic E-state index is 0.126. The van der Waals surface area contributed by atoms with Crippen molar-refractivity contribution in [2.24, 2.45) is 5.14 Å². The van der Waals surface area contributed by atoms with Crippen LogP contribution < -0.4 is 10.0 Å². The van der Waals surface area contributed by atoms with Crippen LogP contribution in [-0.4, -0.2) is 20.1 Å². The quantitative estimate of drug-likeness (QED) is 0.606. The highest BCUT2D eigenvalue weighted by molar-refractivity contribution is 7.89. The number of benzene rings is 2. The van der Waals surface area contributed by atoms with E-state index in [-0.39, 0.29) is 4.90 Å². The lowest BCUT2D eigenvalue weighted by Crippen LogP contribution is -2.19. The summed E-state index contributed by atoms with van der Waals surface area (Å²) in [7, 11) is -3.82. The van der Waals surface area contributed by atoms with Crippen LogP contribution in [0.3, 0.4) is 0 Å². The second-order valence-corrected chi connectivity index (χ2v) is 8.26. The van der Waals surface area contributed by atoms with Gasteiger partial charge in [-0.05, 0) is 32.4 Å². The lowest BCUT2D eigenvalue weighted by molar-refractivity contribution is 0.417. The fourth-order valence-corrected chi connectivity index (χ4v) is 4.01. The predicted molar refractivity (Wildman–Crippen MR) is 108 cm³/mol. The number of hydrogen-bond acceptors (Lipinski definition) is 5. The molecule has 1 aromatic heterocycles. The monoisotopic (exact) mass is 387 g/mol. The molecule has 144 valence electrons. The molecule has 0 fully saturated rings. The van der Waals surface area contributed by atoms with E-state index in [1.54, 1.807) is 12.1 Å². The van der Waals surface area contributed by atoms with Crippen LogP contribution in [-0.2, 0) is 10.0 Å². The van der Waals surface area contributed by atoms with Crippen molar-refractivity contribution in [3.8, 4) is 0 Å². The molecule has 6 nitrogen and oxygen atoms in total. The lowest BCUT2D eigenvalue weighted by Gasteiger charge is -2.24. The number of primary sulfonamides is 1. The maximum Gasteiger partial charge on any atom is 0.238 e. The van der Waals surface area contributed by atoms with E-state index in [4.69, 9.17) is 9.66 Å². The molecule has 0 atom stereocenters. The smallest absolute Gasteiger partial charge is 0.238 e. The average Bonchev–Trinajstić information content (AvgIpc) is 2.96. The van der Waals surface area contributed by atoms with Crippen molar-refractivity contribution in [1.29, 1.82) is 0 Å². The fourth-order valence-electron chi connectivity index (χ4n) is 3.25. The molecule has 0 unspecified atom stereocenters. The fraction of sp³-hybridized carbons (Fsp3) is 0.350. The summed E-state index contributed by atoms with van der Waals surface area (Å²) in [6.07, 6.45) is 3.18. The number of aromatic nitrogens is 1. The van der Waals surface area contributed by atoms with Gasteiger partial charge >= 0.3 is 0 Å². The standard InChI is InChI=1S/C20H25N3O3S/c1-4-5-6-13-23(20-14(2)15(3)22-26-20)18-11-7-10-17-16(18)9-8-12-19(17)27(21,24)25/h7-12H,4-6,13H2,1-3H3,(H2,21,24,25). The Morgan fingerprint density at radius 1 is 1.07 bits per heavy atom. The molecule has 0 aliphatic rings. The molecule has 0 aliphatic carbocycles. The summed E-state index contributed by atoms with van der Waals surface area (Å²) in [4.78, 5) is 2.21. The number of aryl methyl sites for hydroxylation is 1. The first-order valence-corrected chi connectivity index (χ1v) is 10.6. The van der Waals surface area contributed by atoms with Gasteiger partial charge in [-0.1, -0.05) is 49.2 Å². The highest BCUT2D eigenvalue weighted by Crippen LogP contribution is 2.36. The topological polar surface area (TPSA) is 89.4 Å². The van der Waals surface area contributed by atoms with Gasteiger partial charge in [0, 0.05) is 22.9 Å². The zero-order chi connectivity index (χ0) is 19.6. The zero-order valence-corrected chi connectivity index (χ0v) is 16.7. The normalized spacial score (nSPS) is 11.9. The predicted octanol–water partition coefficient (Wildman–Crippen LogP) is 4.42. The van der Waals surface area contributed by atoms with Gasteiger partial charge in [-0.3, -0.25) is 0 Å². The number of hydrogen-bond donors (Lipinski definition) is 1. The molecule has 2 aromatic carbocycles. The maximum atomic E-state index is 12.0. The van der Waals surface area contributed by atoms with Crippen molar-refractivity contribution in [3.63, 3.8) is 0 Å². The second kappa shape index (κ2) is 7.70. The SMILES string of the molecule is CCCCCN(c1onc(C)c1C)c1cccc2c(S(N)(=O)=O)cccc12. The van der Waals surface area contributed by atoms with E-state index < -0.39 is 10.0 Å². The van der Waals surface area contributed by atoms with E-state index in [0.29, 0.717) is 11.3 Å². The molecule has 0 saturated heterocycles. The number of nitrogens with zero attached hydrogens (tertiary/aromatic N) is 2. The van der Waals surface area contributed by atoms with E-state index in [0.717, 1.165) is 48.1 Å². The average molecular weight is 388 g/mol. The molecule has 27 heavy (non-hydrogen) atoms. The summed E-state index contributed by atoms with van der Waals surface area (Å²) in [6, 6.07) is 10.8. The number of unbranched alkanes of at least 4 members (excludes halogenated alkanes) is 2. The van der Waals surface area contributed by atoms with E-state index >= 15 is 0 Å². The largest absolute Gasteiger partial charge is 0.338 e. The molecule has 0 aliphatic heterocycles. The van der Waals surface area contributed by atoms with Crippen LogP contribution in [0.2, 0.25) is 0 Å². The molecule has 0 spiro atoms. The van der Waals surface area contributed by atoms with Gasteiger partial charge in [-0.15, -0.1) is 0 Å². The number of nitrogens with two attached hydrogens (primary N) is 1. The number of sulfonamides is 1. The van der Waals surface area contributed by atoms with Crippen LogP contribution >= 0.6 is 0 Å². The molecule has 3 rings (SSSR count). The molecule has 1 heterocycles. The minimum atomic E-state index is -3.82. The molecule has 0 amide bonds. The minimum Gasteiger partial charge on any atom is -0.338 e. The second-order valence-electron chi connectivity index (χ2n) is 6.73. The maximum absolute atomic E-state index is 12.0. The molecular formula is C20H25N3O3S. The van der Waals surface area contributed by atoms with Gasteiger partial charge in [0.2, 0.25) is 15.9 Å². The van der Waals surface area contributed by atoms with Crippen molar-refractivity contribution < 1.29 is 12.9 Å². The third-order valence-electron chi connectivity index (χ3n) is 4.82. The molecule has 0 bridgehead atoms. The van der Waals surface area contributed by atoms with Gasteiger partial charge in [0.05, 0.1) is 16.3 Å². The Bertz CT molecular complexity index is 1060. The Hall–Kier alpha value is -2.38. The van der Waals surface area contributed by atoms with E-state index in [1.807, 2.05) is 32.0 Å². The van der Waals surface area contributed by atoms with Gasteiger partial charge in [-0.25, -0.2) is 13.6 Å². The Morgan fingerprint density at radius 3 is 2.41 bits per heavy atom. The lowest BCUT2D eigenvalue weighted by atomic mass is 10.1. The van der Waals surface area contributed by atoms with E-state index in [1.165, 1.54) is 6.07 Å². The Kier molecular flexibility index (Phi) is 5.53. The molecule has 2 N–H and O–H groups in total. The van der Waals surface area contributed by atoms with Gasteiger partial charge < -0.3 is 9.42 Å². The van der Waals surface area contributed by atoms with Crippen LogP contribution in [0.1, 0.15) is 37.4 Å². The van der Waals surface area contributed by atoms with Crippen molar-refractivity contribution in [1.82, 2.24) is 5.16 Å². The Labute approximate surface area is 160 Å². The van der Waals surface area contributed by atoms with E-state index in [9.17, 15) is 8.42 Å². The van der Waals surface area contributed by atoms with Gasteiger partial charge in [0.25, 0.3) is 0 Å². The van der Waals surface area contributed by atoms with Crippen molar-refractivity contribution in [2.45, 2.75) is 44.9 Å². The van der Waals surface area contributed by atoms with Gasteiger partial charge in [-0.2, -0.15) is 0 Å². The summed E-state index contributed by atoms with van der Waals surface area (Å²) in [6.45, 7) is 6.80. The summed E-state index contributed by atoms with van der Waals surface area (Å²) in [5, 5.41) is 10.9. The first kappa shape index (κ1) is 19.4. The van der Waals surface area contributed by atoms with Gasteiger partial charge in [0.15, 0.2) is 0 Å². The first-order valence-electron chi connectivity index (χ1n) is 9.09. The molecule has 0 radical (unpaired) electrons. The summed E-state index contributed by atoms with van der Waals surface area (Å²) >= 11 is 0. The highest BCUT2D eigenvalue weighted by Gasteiger charge is 2.21.